The zero-order valence-electron chi connectivity index (χ0n) is 11.9. The van der Waals surface area contributed by atoms with Crippen molar-refractivity contribution in [2.45, 2.75) is 39.1 Å². The van der Waals surface area contributed by atoms with Crippen molar-refractivity contribution < 1.29 is 4.74 Å². The highest BCUT2D eigenvalue weighted by Gasteiger charge is 2.20. The van der Waals surface area contributed by atoms with Crippen LogP contribution in [0.1, 0.15) is 43.6 Å². The first-order valence-electron chi connectivity index (χ1n) is 6.61. The second-order valence-electron chi connectivity index (χ2n) is 4.76. The summed E-state index contributed by atoms with van der Waals surface area (Å²) in [5.74, 6) is 0.852. The van der Waals surface area contributed by atoms with Crippen LogP contribution in [0.2, 0.25) is 0 Å². The van der Waals surface area contributed by atoms with Gasteiger partial charge in [-0.15, -0.1) is 11.6 Å². The summed E-state index contributed by atoms with van der Waals surface area (Å²) in [7, 11) is 0. The van der Waals surface area contributed by atoms with E-state index in [4.69, 9.17) is 16.3 Å². The molecule has 2 unspecified atom stereocenters. The maximum Gasteiger partial charge on any atom is 0.160 e. The van der Waals surface area contributed by atoms with Gasteiger partial charge in [-0.25, -0.2) is 9.97 Å². The first-order chi connectivity index (χ1) is 9.06. The van der Waals surface area contributed by atoms with Gasteiger partial charge in [0.25, 0.3) is 0 Å². The molecule has 2 aromatic heterocycles. The van der Waals surface area contributed by atoms with E-state index >= 15 is 0 Å². The largest absolute Gasteiger partial charge is 0.380 e. The number of nitrogens with zero attached hydrogens (tertiary/aromatic N) is 3. The normalized spacial score (nSPS) is 14.8. The average Bonchev–Trinajstić information content (AvgIpc) is 2.77. The molecule has 0 spiro atoms. The van der Waals surface area contributed by atoms with E-state index in [0.717, 1.165) is 22.6 Å². The number of rotatable bonds is 5. The van der Waals surface area contributed by atoms with Crippen LogP contribution in [-0.2, 0) is 4.74 Å². The van der Waals surface area contributed by atoms with E-state index < -0.39 is 0 Å². The summed E-state index contributed by atoms with van der Waals surface area (Å²) in [5.41, 5.74) is 2.92. The minimum Gasteiger partial charge on any atom is -0.380 e. The molecule has 2 rings (SSSR count). The van der Waals surface area contributed by atoms with E-state index in [-0.39, 0.29) is 11.4 Å². The van der Waals surface area contributed by atoms with Gasteiger partial charge in [0, 0.05) is 12.8 Å². The van der Waals surface area contributed by atoms with Crippen LogP contribution in [0.25, 0.3) is 11.2 Å². The summed E-state index contributed by atoms with van der Waals surface area (Å²) in [5, 5.41) is -0.155. The lowest BCUT2D eigenvalue weighted by Crippen LogP contribution is -2.15. The molecule has 0 aliphatic rings. The highest BCUT2D eigenvalue weighted by molar-refractivity contribution is 6.20. The molecule has 0 aliphatic carbocycles. The van der Waals surface area contributed by atoms with Gasteiger partial charge in [0.05, 0.1) is 18.0 Å². The SMILES string of the molecule is CCOCC(C)n1c(C(C)Cl)nc2c(C)ccnc21. The summed E-state index contributed by atoms with van der Waals surface area (Å²) in [6.45, 7) is 9.40. The highest BCUT2D eigenvalue weighted by atomic mass is 35.5. The maximum absolute atomic E-state index is 6.26. The molecule has 0 bridgehead atoms. The van der Waals surface area contributed by atoms with Crippen molar-refractivity contribution in [1.82, 2.24) is 14.5 Å². The van der Waals surface area contributed by atoms with Gasteiger partial charge in [0.2, 0.25) is 0 Å². The van der Waals surface area contributed by atoms with Crippen LogP contribution >= 0.6 is 11.6 Å². The van der Waals surface area contributed by atoms with Gasteiger partial charge in [-0.2, -0.15) is 0 Å². The number of aryl methyl sites for hydroxylation is 1. The van der Waals surface area contributed by atoms with E-state index in [0.29, 0.717) is 13.2 Å². The standard InChI is InChI=1S/C14H20ClN3O/c1-5-19-8-10(3)18-13(11(4)15)17-12-9(2)6-7-16-14(12)18/h6-7,10-11H,5,8H2,1-4H3. The number of hydrogen-bond donors (Lipinski definition) is 0. The molecule has 104 valence electrons. The Bertz CT molecular complexity index is 565. The Balaban J connectivity index is 2.55. The van der Waals surface area contributed by atoms with Crippen LogP contribution in [0.15, 0.2) is 12.3 Å². The van der Waals surface area contributed by atoms with Crippen molar-refractivity contribution in [1.29, 1.82) is 0 Å². The fraction of sp³-hybridized carbons (Fsp3) is 0.571. The number of alkyl halides is 1. The van der Waals surface area contributed by atoms with Crippen LogP contribution in [0, 0.1) is 6.92 Å². The number of aromatic nitrogens is 3. The molecule has 0 saturated heterocycles. The molecule has 19 heavy (non-hydrogen) atoms. The fourth-order valence-electron chi connectivity index (χ4n) is 2.21. The summed E-state index contributed by atoms with van der Waals surface area (Å²) in [6.07, 6.45) is 1.81. The van der Waals surface area contributed by atoms with Crippen LogP contribution in [-0.4, -0.2) is 27.7 Å². The summed E-state index contributed by atoms with van der Waals surface area (Å²) in [6, 6.07) is 2.13. The first-order valence-corrected chi connectivity index (χ1v) is 7.05. The Morgan fingerprint density at radius 2 is 2.16 bits per heavy atom. The fourth-order valence-corrected chi connectivity index (χ4v) is 2.36. The maximum atomic E-state index is 6.26. The number of imidazole rings is 1. The Kier molecular flexibility index (Phi) is 4.42. The molecule has 5 heteroatoms. The molecule has 0 N–H and O–H groups in total. The Morgan fingerprint density at radius 1 is 1.42 bits per heavy atom. The van der Waals surface area contributed by atoms with E-state index in [1.165, 1.54) is 0 Å². The summed E-state index contributed by atoms with van der Waals surface area (Å²) >= 11 is 6.26. The Hall–Kier alpha value is -1.13. The molecule has 0 radical (unpaired) electrons. The minimum absolute atomic E-state index is 0.155. The number of pyridine rings is 1. The summed E-state index contributed by atoms with van der Waals surface area (Å²) < 4.78 is 7.61. The molecule has 4 nitrogen and oxygen atoms in total. The molecular formula is C14H20ClN3O. The van der Waals surface area contributed by atoms with Gasteiger partial charge in [0.1, 0.15) is 11.3 Å². The molecule has 0 amide bonds. The van der Waals surface area contributed by atoms with Crippen molar-refractivity contribution >= 4 is 22.8 Å². The van der Waals surface area contributed by atoms with Crippen LogP contribution in [0.4, 0.5) is 0 Å². The van der Waals surface area contributed by atoms with Crippen molar-refractivity contribution in [3.63, 3.8) is 0 Å². The monoisotopic (exact) mass is 281 g/mol. The van der Waals surface area contributed by atoms with Gasteiger partial charge in [-0.3, -0.25) is 0 Å². The number of ether oxygens (including phenoxy) is 1. The zero-order valence-corrected chi connectivity index (χ0v) is 12.6. The van der Waals surface area contributed by atoms with Crippen LogP contribution < -0.4 is 0 Å². The molecule has 0 fully saturated rings. The second-order valence-corrected chi connectivity index (χ2v) is 5.42. The molecule has 0 saturated carbocycles. The summed E-state index contributed by atoms with van der Waals surface area (Å²) in [4.78, 5) is 9.11. The molecule has 2 atom stereocenters. The smallest absolute Gasteiger partial charge is 0.160 e. The van der Waals surface area contributed by atoms with Gasteiger partial charge in [0.15, 0.2) is 5.65 Å². The van der Waals surface area contributed by atoms with Crippen molar-refractivity contribution in [2.75, 3.05) is 13.2 Å². The molecule has 2 aromatic rings. The first kappa shape index (κ1) is 14.3. The number of hydrogen-bond acceptors (Lipinski definition) is 3. The van der Waals surface area contributed by atoms with Crippen LogP contribution in [0.3, 0.4) is 0 Å². The average molecular weight is 282 g/mol. The third-order valence-electron chi connectivity index (χ3n) is 3.17. The number of fused-ring (bicyclic) bond motifs is 1. The quantitative estimate of drug-likeness (QED) is 0.786. The molecule has 0 aromatic carbocycles. The van der Waals surface area contributed by atoms with E-state index in [1.54, 1.807) is 0 Å². The second kappa shape index (κ2) is 5.88. The van der Waals surface area contributed by atoms with Gasteiger partial charge < -0.3 is 9.30 Å². The lowest BCUT2D eigenvalue weighted by molar-refractivity contribution is 0.119. The Morgan fingerprint density at radius 3 is 2.79 bits per heavy atom. The Labute approximate surface area is 118 Å². The van der Waals surface area contributed by atoms with Gasteiger partial charge in [-0.1, -0.05) is 0 Å². The van der Waals surface area contributed by atoms with Gasteiger partial charge in [-0.05, 0) is 39.3 Å². The van der Waals surface area contributed by atoms with Crippen molar-refractivity contribution in [2.24, 2.45) is 0 Å². The lowest BCUT2D eigenvalue weighted by atomic mass is 10.2. The van der Waals surface area contributed by atoms with Crippen molar-refractivity contribution in [3.8, 4) is 0 Å². The predicted molar refractivity (Wildman–Crippen MR) is 77.7 cm³/mol. The minimum atomic E-state index is -0.155. The predicted octanol–water partition coefficient (Wildman–Crippen LogP) is 3.64. The van der Waals surface area contributed by atoms with E-state index in [1.807, 2.05) is 33.0 Å². The highest BCUT2D eigenvalue weighted by Crippen LogP contribution is 2.28. The van der Waals surface area contributed by atoms with Crippen molar-refractivity contribution in [3.05, 3.63) is 23.7 Å². The third kappa shape index (κ3) is 2.74. The van der Waals surface area contributed by atoms with Crippen LogP contribution in [0.5, 0.6) is 0 Å². The molecule has 2 heterocycles. The zero-order chi connectivity index (χ0) is 14.0. The van der Waals surface area contributed by atoms with E-state index in [9.17, 15) is 0 Å². The topological polar surface area (TPSA) is 39.9 Å². The third-order valence-corrected chi connectivity index (χ3v) is 3.36. The van der Waals surface area contributed by atoms with Gasteiger partial charge >= 0.3 is 0 Å². The lowest BCUT2D eigenvalue weighted by Gasteiger charge is -2.17. The molecular weight excluding hydrogens is 262 g/mol. The molecule has 0 aliphatic heterocycles. The van der Waals surface area contributed by atoms with E-state index in [2.05, 4.69) is 21.5 Å². The number of halogens is 1.